The van der Waals surface area contributed by atoms with Gasteiger partial charge in [0.25, 0.3) is 5.91 Å². The quantitative estimate of drug-likeness (QED) is 0.701. The maximum Gasteiger partial charge on any atom is 0.272 e. The van der Waals surface area contributed by atoms with Crippen LogP contribution in [0, 0.1) is 6.92 Å². The van der Waals surface area contributed by atoms with Gasteiger partial charge in [0.05, 0.1) is 5.69 Å². The molecule has 1 aliphatic rings. The molecule has 0 aliphatic carbocycles. The second-order valence-corrected chi connectivity index (χ2v) is 4.09. The minimum Gasteiger partial charge on any atom is -0.336 e. The van der Waals surface area contributed by atoms with Crippen molar-refractivity contribution in [2.45, 2.75) is 19.4 Å². The summed E-state index contributed by atoms with van der Waals surface area (Å²) in [6.07, 6.45) is 0.891. The number of likely N-dealkylation sites (tertiary alicyclic amines) is 1. The van der Waals surface area contributed by atoms with Crippen LogP contribution in [-0.4, -0.2) is 39.7 Å². The Morgan fingerprint density at radius 3 is 2.87 bits per heavy atom. The van der Waals surface area contributed by atoms with Crippen LogP contribution in [0.15, 0.2) is 6.07 Å². The number of hydrogen-bond donors (Lipinski definition) is 1. The lowest BCUT2D eigenvalue weighted by molar-refractivity contribution is 0.0780. The van der Waals surface area contributed by atoms with Crippen LogP contribution in [0.3, 0.4) is 0 Å². The van der Waals surface area contributed by atoms with Crippen molar-refractivity contribution in [3.05, 3.63) is 17.5 Å². The summed E-state index contributed by atoms with van der Waals surface area (Å²) in [4.78, 5) is 13.8. The number of carbonyl (C=O) groups excluding carboxylic acids is 1. The van der Waals surface area contributed by atoms with Gasteiger partial charge >= 0.3 is 0 Å². The normalized spacial score (nSPS) is 21.0. The lowest BCUT2D eigenvalue weighted by atomic mass is 10.3. The van der Waals surface area contributed by atoms with Gasteiger partial charge in [-0.25, -0.2) is 0 Å². The molecular formula is C10H16N4O. The predicted molar refractivity (Wildman–Crippen MR) is 56.4 cm³/mol. The minimum atomic E-state index is 0.0334. The predicted octanol–water partition coefficient (Wildman–Crippen LogP) is -0.0983. The molecule has 1 aliphatic heterocycles. The molecule has 1 atom stereocenters. The van der Waals surface area contributed by atoms with E-state index in [0.717, 1.165) is 18.7 Å². The Labute approximate surface area is 88.8 Å². The van der Waals surface area contributed by atoms with E-state index in [1.807, 2.05) is 13.0 Å². The van der Waals surface area contributed by atoms with E-state index in [1.54, 1.807) is 16.6 Å². The molecule has 5 nitrogen and oxygen atoms in total. The number of nitrogens with two attached hydrogens (primary N) is 1. The third-order valence-electron chi connectivity index (χ3n) is 2.73. The molecule has 0 aromatic carbocycles. The van der Waals surface area contributed by atoms with Crippen molar-refractivity contribution < 1.29 is 4.79 Å². The zero-order valence-corrected chi connectivity index (χ0v) is 9.10. The van der Waals surface area contributed by atoms with Crippen molar-refractivity contribution in [1.82, 2.24) is 14.7 Å². The molecule has 2 rings (SSSR count). The molecule has 0 radical (unpaired) electrons. The molecule has 15 heavy (non-hydrogen) atoms. The number of hydrogen-bond acceptors (Lipinski definition) is 3. The lowest BCUT2D eigenvalue weighted by Crippen LogP contribution is -2.33. The Morgan fingerprint density at radius 2 is 2.40 bits per heavy atom. The first-order chi connectivity index (χ1) is 7.08. The monoisotopic (exact) mass is 208 g/mol. The van der Waals surface area contributed by atoms with Gasteiger partial charge in [0.15, 0.2) is 0 Å². The lowest BCUT2D eigenvalue weighted by Gasteiger charge is -2.15. The van der Waals surface area contributed by atoms with Crippen molar-refractivity contribution in [1.29, 1.82) is 0 Å². The molecule has 2 N–H and O–H groups in total. The number of amides is 1. The van der Waals surface area contributed by atoms with Crippen LogP contribution in [0.2, 0.25) is 0 Å². The number of nitrogens with zero attached hydrogens (tertiary/aromatic N) is 3. The molecule has 5 heteroatoms. The van der Waals surface area contributed by atoms with Gasteiger partial charge in [-0.15, -0.1) is 0 Å². The maximum absolute atomic E-state index is 12.0. The zero-order valence-electron chi connectivity index (χ0n) is 9.10. The van der Waals surface area contributed by atoms with Gasteiger partial charge in [-0.2, -0.15) is 5.10 Å². The Balaban J connectivity index is 2.17. The molecule has 0 bridgehead atoms. The third-order valence-corrected chi connectivity index (χ3v) is 2.73. The number of aromatic nitrogens is 2. The van der Waals surface area contributed by atoms with Gasteiger partial charge in [-0.1, -0.05) is 0 Å². The smallest absolute Gasteiger partial charge is 0.272 e. The van der Waals surface area contributed by atoms with Crippen molar-refractivity contribution in [2.24, 2.45) is 12.8 Å². The highest BCUT2D eigenvalue weighted by molar-refractivity contribution is 5.92. The molecule has 1 aromatic heterocycles. The zero-order chi connectivity index (χ0) is 11.0. The highest BCUT2D eigenvalue weighted by Crippen LogP contribution is 2.12. The number of rotatable bonds is 1. The summed E-state index contributed by atoms with van der Waals surface area (Å²) < 4.78 is 1.63. The maximum atomic E-state index is 12.0. The van der Waals surface area contributed by atoms with Crippen LogP contribution >= 0.6 is 0 Å². The first-order valence-corrected chi connectivity index (χ1v) is 5.13. The summed E-state index contributed by atoms with van der Waals surface area (Å²) >= 11 is 0. The summed E-state index contributed by atoms with van der Waals surface area (Å²) in [5.74, 6) is 0.0334. The van der Waals surface area contributed by atoms with E-state index in [0.29, 0.717) is 12.2 Å². The first-order valence-electron chi connectivity index (χ1n) is 5.13. The highest BCUT2D eigenvalue weighted by atomic mass is 16.2. The largest absolute Gasteiger partial charge is 0.336 e. The third kappa shape index (κ3) is 1.87. The van der Waals surface area contributed by atoms with Gasteiger partial charge in [-0.3, -0.25) is 9.48 Å². The second-order valence-electron chi connectivity index (χ2n) is 4.09. The highest BCUT2D eigenvalue weighted by Gasteiger charge is 2.26. The molecule has 1 fully saturated rings. The summed E-state index contributed by atoms with van der Waals surface area (Å²) in [5.41, 5.74) is 7.27. The van der Waals surface area contributed by atoms with E-state index >= 15 is 0 Å². The van der Waals surface area contributed by atoms with E-state index in [2.05, 4.69) is 5.10 Å². The summed E-state index contributed by atoms with van der Waals surface area (Å²) in [5, 5.41) is 4.16. The number of aryl methyl sites for hydroxylation is 2. The SMILES string of the molecule is Cc1cc(C(=O)N2CC[C@H](N)C2)n(C)n1. The molecule has 1 saturated heterocycles. The average molecular weight is 208 g/mol. The molecule has 0 saturated carbocycles. The molecule has 0 spiro atoms. The van der Waals surface area contributed by atoms with E-state index in [4.69, 9.17) is 5.73 Å². The van der Waals surface area contributed by atoms with E-state index < -0.39 is 0 Å². The van der Waals surface area contributed by atoms with Crippen LogP contribution in [0.4, 0.5) is 0 Å². The molecule has 2 heterocycles. The Kier molecular flexibility index (Phi) is 2.48. The summed E-state index contributed by atoms with van der Waals surface area (Å²) in [7, 11) is 1.79. The van der Waals surface area contributed by atoms with Gasteiger partial charge in [0.1, 0.15) is 5.69 Å². The van der Waals surface area contributed by atoms with Gasteiger partial charge in [0, 0.05) is 26.2 Å². The topological polar surface area (TPSA) is 64.2 Å². The van der Waals surface area contributed by atoms with Crippen LogP contribution in [0.25, 0.3) is 0 Å². The molecular weight excluding hydrogens is 192 g/mol. The Bertz CT molecular complexity index is 385. The van der Waals surface area contributed by atoms with Gasteiger partial charge < -0.3 is 10.6 Å². The fourth-order valence-electron chi connectivity index (χ4n) is 1.94. The van der Waals surface area contributed by atoms with E-state index in [-0.39, 0.29) is 11.9 Å². The van der Waals surface area contributed by atoms with Crippen LogP contribution in [-0.2, 0) is 7.05 Å². The van der Waals surface area contributed by atoms with Crippen molar-refractivity contribution in [2.75, 3.05) is 13.1 Å². The van der Waals surface area contributed by atoms with Crippen molar-refractivity contribution >= 4 is 5.91 Å². The Morgan fingerprint density at radius 1 is 1.67 bits per heavy atom. The van der Waals surface area contributed by atoms with Crippen molar-refractivity contribution in [3.8, 4) is 0 Å². The molecule has 1 aromatic rings. The van der Waals surface area contributed by atoms with Gasteiger partial charge in [0.2, 0.25) is 0 Å². The standard InChI is InChI=1S/C10H16N4O/c1-7-5-9(13(2)12-7)10(15)14-4-3-8(11)6-14/h5,8H,3-4,6,11H2,1-2H3/t8-/m0/s1. The van der Waals surface area contributed by atoms with Gasteiger partial charge in [-0.05, 0) is 19.4 Å². The van der Waals surface area contributed by atoms with Crippen LogP contribution in [0.5, 0.6) is 0 Å². The molecule has 1 amide bonds. The molecule has 82 valence electrons. The fourth-order valence-corrected chi connectivity index (χ4v) is 1.94. The van der Waals surface area contributed by atoms with E-state index in [1.165, 1.54) is 0 Å². The average Bonchev–Trinajstić information content (AvgIpc) is 2.71. The second kappa shape index (κ2) is 3.66. The van der Waals surface area contributed by atoms with E-state index in [9.17, 15) is 4.79 Å². The Hall–Kier alpha value is -1.36. The molecule has 0 unspecified atom stereocenters. The first kappa shape index (κ1) is 10.2. The summed E-state index contributed by atoms with van der Waals surface area (Å²) in [6.45, 7) is 3.29. The minimum absolute atomic E-state index is 0.0334. The summed E-state index contributed by atoms with van der Waals surface area (Å²) in [6, 6.07) is 1.94. The van der Waals surface area contributed by atoms with Crippen LogP contribution < -0.4 is 5.73 Å². The van der Waals surface area contributed by atoms with Crippen LogP contribution in [0.1, 0.15) is 22.6 Å². The fraction of sp³-hybridized carbons (Fsp3) is 0.600. The number of carbonyl (C=O) groups is 1. The van der Waals surface area contributed by atoms with Crippen molar-refractivity contribution in [3.63, 3.8) is 0 Å².